The van der Waals surface area contributed by atoms with E-state index in [1.54, 1.807) is 31.1 Å². The first-order valence-electron chi connectivity index (χ1n) is 11.3. The van der Waals surface area contributed by atoms with Crippen LogP contribution in [0.15, 0.2) is 30.5 Å². The number of carbonyl (C=O) groups is 1. The van der Waals surface area contributed by atoms with Crippen molar-refractivity contribution in [2.75, 3.05) is 7.05 Å². The van der Waals surface area contributed by atoms with Crippen LogP contribution < -0.4 is 0 Å². The van der Waals surface area contributed by atoms with Gasteiger partial charge in [0, 0.05) is 23.9 Å². The van der Waals surface area contributed by atoms with Crippen molar-refractivity contribution in [3.63, 3.8) is 0 Å². The summed E-state index contributed by atoms with van der Waals surface area (Å²) in [4.78, 5) is 23.9. The quantitative estimate of drug-likeness (QED) is 0.450. The van der Waals surface area contributed by atoms with Gasteiger partial charge in [-0.1, -0.05) is 17.3 Å². The molecule has 0 N–H and O–H groups in total. The van der Waals surface area contributed by atoms with Gasteiger partial charge in [0.25, 0.3) is 6.43 Å². The highest BCUT2D eigenvalue weighted by atomic mass is 19.3. The number of hydrogen-bond donors (Lipinski definition) is 0. The minimum absolute atomic E-state index is 0.0469. The summed E-state index contributed by atoms with van der Waals surface area (Å²) in [7, 11) is 1.78. The van der Waals surface area contributed by atoms with Gasteiger partial charge in [0.05, 0.1) is 40.9 Å². The number of aromatic nitrogens is 6. The molecule has 0 spiro atoms. The molecular weight excluding hydrogens is 440 g/mol. The fourth-order valence-electron chi connectivity index (χ4n) is 4.85. The number of alkyl halides is 2. The molecule has 1 fully saturated rings. The lowest BCUT2D eigenvalue weighted by Crippen LogP contribution is -2.39. The van der Waals surface area contributed by atoms with Crippen molar-refractivity contribution < 1.29 is 13.6 Å². The molecule has 2 aliphatic rings. The lowest BCUT2D eigenvalue weighted by atomic mass is 10.0. The van der Waals surface area contributed by atoms with Crippen LogP contribution in [0.4, 0.5) is 8.78 Å². The fraction of sp³-hybridized carbons (Fsp3) is 0.375. The molecular formula is C24H23F2N7O. The monoisotopic (exact) mass is 463 g/mol. The number of imidazole rings is 1. The van der Waals surface area contributed by atoms with Crippen LogP contribution in [-0.2, 0) is 11.3 Å². The average Bonchev–Trinajstić information content (AvgIpc) is 3.46. The summed E-state index contributed by atoms with van der Waals surface area (Å²) in [5, 5.41) is 8.45. The second-order valence-corrected chi connectivity index (χ2v) is 9.16. The molecule has 3 aromatic heterocycles. The van der Waals surface area contributed by atoms with Gasteiger partial charge in [-0.25, -0.2) is 23.4 Å². The third kappa shape index (κ3) is 3.12. The molecule has 10 heteroatoms. The molecule has 34 heavy (non-hydrogen) atoms. The van der Waals surface area contributed by atoms with Gasteiger partial charge in [0.1, 0.15) is 11.9 Å². The summed E-state index contributed by atoms with van der Waals surface area (Å²) in [5.41, 5.74) is 3.34. The van der Waals surface area contributed by atoms with Crippen molar-refractivity contribution >= 4 is 16.8 Å². The van der Waals surface area contributed by atoms with Gasteiger partial charge in [0.2, 0.25) is 5.91 Å². The zero-order valence-corrected chi connectivity index (χ0v) is 19.0. The molecule has 8 nitrogen and oxygen atoms in total. The van der Waals surface area contributed by atoms with Crippen LogP contribution in [0.5, 0.6) is 0 Å². The Hall–Kier alpha value is -3.69. The second-order valence-electron chi connectivity index (χ2n) is 9.16. The normalized spacial score (nSPS) is 18.2. The summed E-state index contributed by atoms with van der Waals surface area (Å²) in [6, 6.07) is 6.67. The number of carbonyl (C=O) groups excluding carboxylic acids is 1. The van der Waals surface area contributed by atoms with Crippen LogP contribution in [0.2, 0.25) is 0 Å². The van der Waals surface area contributed by atoms with Crippen LogP contribution >= 0.6 is 0 Å². The first-order chi connectivity index (χ1) is 16.3. The largest absolute Gasteiger partial charge is 0.338 e. The maximum Gasteiger partial charge on any atom is 0.267 e. The summed E-state index contributed by atoms with van der Waals surface area (Å²) < 4.78 is 31.7. The van der Waals surface area contributed by atoms with Gasteiger partial charge >= 0.3 is 0 Å². The molecule has 6 rings (SSSR count). The Bertz CT molecular complexity index is 1450. The minimum atomic E-state index is -2.74. The van der Waals surface area contributed by atoms with E-state index >= 15 is 0 Å². The van der Waals surface area contributed by atoms with Gasteiger partial charge in [-0.3, -0.25) is 4.79 Å². The number of hydrogen-bond acceptors (Lipinski definition) is 5. The van der Waals surface area contributed by atoms with Crippen molar-refractivity contribution in [3.8, 4) is 17.1 Å². The summed E-state index contributed by atoms with van der Waals surface area (Å²) in [6.07, 6.45) is 0.914. The number of halogens is 2. The fourth-order valence-corrected chi connectivity index (χ4v) is 4.85. The molecule has 4 heterocycles. The molecule has 1 amide bonds. The SMILES string of the molecule is Cc1cn(-c2nc3cccc(-c4nc(C5CC5)n5c4CN(C)C(=O)[C@@H]5C)c3cc2C(F)F)nn1. The first-order valence-corrected chi connectivity index (χ1v) is 11.3. The second kappa shape index (κ2) is 7.41. The van der Waals surface area contributed by atoms with Gasteiger partial charge in [0.15, 0.2) is 5.82 Å². The highest BCUT2D eigenvalue weighted by Gasteiger charge is 2.38. The van der Waals surface area contributed by atoms with E-state index < -0.39 is 6.43 Å². The molecule has 174 valence electrons. The zero-order valence-electron chi connectivity index (χ0n) is 19.0. The molecule has 1 aliphatic heterocycles. The van der Waals surface area contributed by atoms with Crippen molar-refractivity contribution in [3.05, 3.63) is 53.2 Å². The Labute approximate surface area is 194 Å². The van der Waals surface area contributed by atoms with Gasteiger partial charge in [-0.2, -0.15) is 0 Å². The van der Waals surface area contributed by atoms with E-state index in [0.29, 0.717) is 29.1 Å². The van der Waals surface area contributed by atoms with E-state index in [4.69, 9.17) is 4.98 Å². The smallest absolute Gasteiger partial charge is 0.267 e. The van der Waals surface area contributed by atoms with E-state index in [9.17, 15) is 13.6 Å². The van der Waals surface area contributed by atoms with Crippen LogP contribution in [0, 0.1) is 6.92 Å². The number of amides is 1. The van der Waals surface area contributed by atoms with Crippen LogP contribution in [0.1, 0.15) is 60.9 Å². The van der Waals surface area contributed by atoms with Crippen molar-refractivity contribution in [1.82, 2.24) is 34.4 Å². The molecule has 1 atom stereocenters. The highest BCUT2D eigenvalue weighted by molar-refractivity contribution is 5.96. The molecule has 1 aliphatic carbocycles. The number of benzene rings is 1. The van der Waals surface area contributed by atoms with E-state index in [0.717, 1.165) is 35.6 Å². The van der Waals surface area contributed by atoms with Crippen LogP contribution in [0.3, 0.4) is 0 Å². The number of aryl methyl sites for hydroxylation is 1. The lowest BCUT2D eigenvalue weighted by molar-refractivity contribution is -0.135. The van der Waals surface area contributed by atoms with E-state index in [-0.39, 0.29) is 23.3 Å². The third-order valence-corrected chi connectivity index (χ3v) is 6.67. The maximum absolute atomic E-state index is 14.2. The Balaban J connectivity index is 1.59. The minimum Gasteiger partial charge on any atom is -0.338 e. The van der Waals surface area contributed by atoms with Crippen LogP contribution in [-0.4, -0.2) is 47.4 Å². The summed E-state index contributed by atoms with van der Waals surface area (Å²) >= 11 is 0. The predicted molar refractivity (Wildman–Crippen MR) is 121 cm³/mol. The summed E-state index contributed by atoms with van der Waals surface area (Å²) in [6.45, 7) is 4.05. The number of nitrogens with zero attached hydrogens (tertiary/aromatic N) is 7. The van der Waals surface area contributed by atoms with Crippen molar-refractivity contribution in [2.45, 2.75) is 51.6 Å². The Morgan fingerprint density at radius 1 is 1.18 bits per heavy atom. The molecule has 4 aromatic rings. The zero-order chi connectivity index (χ0) is 23.7. The molecule has 0 bridgehead atoms. The number of fused-ring (bicyclic) bond motifs is 2. The standard InChI is InChI=1S/C24H23F2N7O/c1-12-10-32(30-29-12)23-17(21(25)26)9-16-15(5-4-6-18(16)27-23)20-19-11-31(3)24(34)13(2)33(19)22(28-20)14-7-8-14/h4-6,9-10,13-14,21H,7-8,11H2,1-3H3/t13-/m0/s1. The average molecular weight is 463 g/mol. The highest BCUT2D eigenvalue weighted by Crippen LogP contribution is 2.45. The summed E-state index contributed by atoms with van der Waals surface area (Å²) in [5.74, 6) is 1.35. The number of pyridine rings is 1. The molecule has 0 unspecified atom stereocenters. The van der Waals surface area contributed by atoms with E-state index in [1.807, 2.05) is 19.1 Å². The van der Waals surface area contributed by atoms with E-state index in [2.05, 4.69) is 19.9 Å². The molecule has 0 saturated heterocycles. The molecule has 1 aromatic carbocycles. The topological polar surface area (TPSA) is 81.7 Å². The maximum atomic E-state index is 14.2. The number of likely N-dealkylation sites (N-methyl/N-ethyl adjacent to an activating group) is 1. The lowest BCUT2D eigenvalue weighted by Gasteiger charge is -2.31. The number of rotatable bonds is 4. The van der Waals surface area contributed by atoms with E-state index in [1.165, 1.54) is 10.7 Å². The van der Waals surface area contributed by atoms with Crippen LogP contribution in [0.25, 0.3) is 28.0 Å². The van der Waals surface area contributed by atoms with Gasteiger partial charge < -0.3 is 9.47 Å². The Morgan fingerprint density at radius 3 is 2.65 bits per heavy atom. The predicted octanol–water partition coefficient (Wildman–Crippen LogP) is 4.34. The van der Waals surface area contributed by atoms with Gasteiger partial charge in [-0.05, 0) is 38.8 Å². The van der Waals surface area contributed by atoms with Crippen molar-refractivity contribution in [1.29, 1.82) is 0 Å². The van der Waals surface area contributed by atoms with Crippen molar-refractivity contribution in [2.24, 2.45) is 0 Å². The molecule has 1 saturated carbocycles. The first kappa shape index (κ1) is 20.9. The Kier molecular flexibility index (Phi) is 4.55. The van der Waals surface area contributed by atoms with Gasteiger partial charge in [-0.15, -0.1) is 5.10 Å². The third-order valence-electron chi connectivity index (χ3n) is 6.67. The Morgan fingerprint density at radius 2 is 1.97 bits per heavy atom. The molecule has 0 radical (unpaired) electrons.